The van der Waals surface area contributed by atoms with Crippen LogP contribution in [-0.4, -0.2) is 5.71 Å². The van der Waals surface area contributed by atoms with Crippen LogP contribution in [0.5, 0.6) is 0 Å². The molecule has 0 amide bonds. The number of hydrogen-bond donors (Lipinski definition) is 1. The SMILES string of the molecule is CC(=N)/C(=C(C)\C=C\CC(C)C)C1CC1. The Kier molecular flexibility index (Phi) is 4.31. The molecule has 1 nitrogen and oxygen atoms in total. The number of nitrogens with one attached hydrogen (secondary N) is 1. The maximum absolute atomic E-state index is 7.78. The van der Waals surface area contributed by atoms with Crippen molar-refractivity contribution < 1.29 is 0 Å². The molecule has 0 heterocycles. The van der Waals surface area contributed by atoms with Gasteiger partial charge in [-0.05, 0) is 56.1 Å². The van der Waals surface area contributed by atoms with E-state index in [0.29, 0.717) is 5.92 Å². The summed E-state index contributed by atoms with van der Waals surface area (Å²) in [5.41, 5.74) is 3.34. The molecule has 0 bridgehead atoms. The fraction of sp³-hybridized carbons (Fsp3) is 0.643. The van der Waals surface area contributed by atoms with Gasteiger partial charge in [0.1, 0.15) is 0 Å². The van der Waals surface area contributed by atoms with Crippen LogP contribution in [0.15, 0.2) is 23.3 Å². The first-order valence-electron chi connectivity index (χ1n) is 5.95. The maximum Gasteiger partial charge on any atom is 0.0320 e. The summed E-state index contributed by atoms with van der Waals surface area (Å²) in [6.07, 6.45) is 8.13. The first-order chi connectivity index (χ1) is 7.02. The van der Waals surface area contributed by atoms with Crippen molar-refractivity contribution in [2.24, 2.45) is 11.8 Å². The van der Waals surface area contributed by atoms with Crippen molar-refractivity contribution in [1.82, 2.24) is 0 Å². The molecular formula is C14H23N. The Balaban J connectivity index is 2.68. The highest BCUT2D eigenvalue weighted by atomic mass is 14.4. The van der Waals surface area contributed by atoms with Crippen LogP contribution < -0.4 is 0 Å². The average molecular weight is 205 g/mol. The van der Waals surface area contributed by atoms with Crippen molar-refractivity contribution in [2.75, 3.05) is 0 Å². The molecule has 1 heteroatoms. The fourth-order valence-corrected chi connectivity index (χ4v) is 1.90. The highest BCUT2D eigenvalue weighted by molar-refractivity contribution is 5.97. The van der Waals surface area contributed by atoms with E-state index in [-0.39, 0.29) is 0 Å². The van der Waals surface area contributed by atoms with Crippen LogP contribution in [-0.2, 0) is 0 Å². The Hall–Kier alpha value is -0.850. The summed E-state index contributed by atoms with van der Waals surface area (Å²) in [6.45, 7) is 8.51. The molecule has 0 atom stereocenters. The third kappa shape index (κ3) is 4.03. The Morgan fingerprint density at radius 2 is 1.93 bits per heavy atom. The molecule has 0 aromatic rings. The first-order valence-corrected chi connectivity index (χ1v) is 5.95. The van der Waals surface area contributed by atoms with E-state index in [1.54, 1.807) is 0 Å². The third-order valence-electron chi connectivity index (χ3n) is 2.79. The van der Waals surface area contributed by atoms with Gasteiger partial charge in [-0.1, -0.05) is 26.0 Å². The van der Waals surface area contributed by atoms with Crippen molar-refractivity contribution in [2.45, 2.75) is 47.0 Å². The molecule has 1 aliphatic rings. The van der Waals surface area contributed by atoms with Crippen LogP contribution in [0.1, 0.15) is 47.0 Å². The second-order valence-electron chi connectivity index (χ2n) is 5.03. The summed E-state index contributed by atoms with van der Waals surface area (Å²) in [6, 6.07) is 0. The minimum Gasteiger partial charge on any atom is -0.305 e. The van der Waals surface area contributed by atoms with Crippen LogP contribution in [0.3, 0.4) is 0 Å². The molecule has 0 spiro atoms. The second-order valence-corrected chi connectivity index (χ2v) is 5.03. The zero-order valence-electron chi connectivity index (χ0n) is 10.4. The summed E-state index contributed by atoms with van der Waals surface area (Å²) in [5, 5.41) is 7.78. The lowest BCUT2D eigenvalue weighted by molar-refractivity contribution is 0.663. The minimum absolute atomic E-state index is 0.686. The van der Waals surface area contributed by atoms with Gasteiger partial charge in [-0.3, -0.25) is 0 Å². The molecule has 0 aliphatic heterocycles. The van der Waals surface area contributed by atoms with E-state index in [2.05, 4.69) is 32.9 Å². The van der Waals surface area contributed by atoms with E-state index in [0.717, 1.165) is 18.1 Å². The zero-order chi connectivity index (χ0) is 11.4. The summed E-state index contributed by atoms with van der Waals surface area (Å²) < 4.78 is 0. The van der Waals surface area contributed by atoms with E-state index >= 15 is 0 Å². The highest BCUT2D eigenvalue weighted by Crippen LogP contribution is 2.38. The monoisotopic (exact) mass is 205 g/mol. The van der Waals surface area contributed by atoms with Crippen LogP contribution in [0.25, 0.3) is 0 Å². The van der Waals surface area contributed by atoms with E-state index < -0.39 is 0 Å². The molecule has 1 N–H and O–H groups in total. The molecule has 0 aromatic heterocycles. The molecule has 1 rings (SSSR count). The van der Waals surface area contributed by atoms with Gasteiger partial charge in [0.25, 0.3) is 0 Å². The van der Waals surface area contributed by atoms with E-state index in [4.69, 9.17) is 5.41 Å². The predicted molar refractivity (Wildman–Crippen MR) is 67.4 cm³/mol. The van der Waals surface area contributed by atoms with Gasteiger partial charge in [-0.25, -0.2) is 0 Å². The second kappa shape index (κ2) is 5.29. The average Bonchev–Trinajstić information content (AvgIpc) is 2.87. The highest BCUT2D eigenvalue weighted by Gasteiger charge is 2.27. The topological polar surface area (TPSA) is 23.9 Å². The van der Waals surface area contributed by atoms with Gasteiger partial charge >= 0.3 is 0 Å². The molecule has 1 saturated carbocycles. The molecule has 0 radical (unpaired) electrons. The largest absolute Gasteiger partial charge is 0.305 e. The molecule has 1 fully saturated rings. The quantitative estimate of drug-likeness (QED) is 0.509. The van der Waals surface area contributed by atoms with Crippen LogP contribution in [0.4, 0.5) is 0 Å². The van der Waals surface area contributed by atoms with Gasteiger partial charge in [-0.2, -0.15) is 0 Å². The normalized spacial score (nSPS) is 18.5. The molecular weight excluding hydrogens is 182 g/mol. The lowest BCUT2D eigenvalue weighted by Gasteiger charge is -2.07. The standard InChI is InChI=1S/C14H23N/c1-10(2)6-5-7-11(3)14(12(4)15)13-8-9-13/h5,7,10,13,15H,6,8-9H2,1-4H3/b7-5+,14-11+,15-12?. The Morgan fingerprint density at radius 3 is 2.33 bits per heavy atom. The molecule has 84 valence electrons. The first kappa shape index (κ1) is 12.2. The smallest absolute Gasteiger partial charge is 0.0320 e. The van der Waals surface area contributed by atoms with Gasteiger partial charge in [0, 0.05) is 5.71 Å². The van der Waals surface area contributed by atoms with Crippen molar-refractivity contribution in [3.63, 3.8) is 0 Å². The molecule has 0 unspecified atom stereocenters. The Bertz CT molecular complexity index is 290. The van der Waals surface area contributed by atoms with Gasteiger partial charge in [-0.15, -0.1) is 0 Å². The number of allylic oxidation sites excluding steroid dienone is 4. The van der Waals surface area contributed by atoms with Crippen molar-refractivity contribution in [1.29, 1.82) is 5.41 Å². The van der Waals surface area contributed by atoms with Crippen molar-refractivity contribution in [3.05, 3.63) is 23.3 Å². The maximum atomic E-state index is 7.78. The Morgan fingerprint density at radius 1 is 1.33 bits per heavy atom. The van der Waals surface area contributed by atoms with Crippen molar-refractivity contribution in [3.8, 4) is 0 Å². The van der Waals surface area contributed by atoms with Crippen LogP contribution in [0, 0.1) is 17.2 Å². The lowest BCUT2D eigenvalue weighted by atomic mass is 9.99. The number of hydrogen-bond acceptors (Lipinski definition) is 1. The zero-order valence-corrected chi connectivity index (χ0v) is 10.4. The predicted octanol–water partition coefficient (Wildman–Crippen LogP) is 4.35. The van der Waals surface area contributed by atoms with Gasteiger partial charge in [0.2, 0.25) is 0 Å². The minimum atomic E-state index is 0.686. The van der Waals surface area contributed by atoms with Crippen LogP contribution in [0.2, 0.25) is 0 Å². The fourth-order valence-electron chi connectivity index (χ4n) is 1.90. The molecule has 0 saturated heterocycles. The molecule has 1 aliphatic carbocycles. The summed E-state index contributed by atoms with van der Waals surface area (Å²) in [7, 11) is 0. The number of rotatable bonds is 5. The Labute approximate surface area is 93.8 Å². The van der Waals surface area contributed by atoms with E-state index in [9.17, 15) is 0 Å². The van der Waals surface area contributed by atoms with Gasteiger partial charge in [0.15, 0.2) is 0 Å². The summed E-state index contributed by atoms with van der Waals surface area (Å²) in [5.74, 6) is 1.41. The molecule has 15 heavy (non-hydrogen) atoms. The lowest BCUT2D eigenvalue weighted by Crippen LogP contribution is -2.00. The van der Waals surface area contributed by atoms with Crippen molar-refractivity contribution >= 4 is 5.71 Å². The van der Waals surface area contributed by atoms with Crippen LogP contribution >= 0.6 is 0 Å². The van der Waals surface area contributed by atoms with Gasteiger partial charge in [0.05, 0.1) is 0 Å². The summed E-state index contributed by atoms with van der Waals surface area (Å²) >= 11 is 0. The third-order valence-corrected chi connectivity index (χ3v) is 2.79. The van der Waals surface area contributed by atoms with Gasteiger partial charge < -0.3 is 5.41 Å². The summed E-state index contributed by atoms with van der Waals surface area (Å²) in [4.78, 5) is 0. The van der Waals surface area contributed by atoms with E-state index in [1.165, 1.54) is 24.0 Å². The van der Waals surface area contributed by atoms with E-state index in [1.807, 2.05) is 6.92 Å². The molecule has 0 aromatic carbocycles.